The van der Waals surface area contributed by atoms with E-state index in [9.17, 15) is 0 Å². The first-order valence-corrected chi connectivity index (χ1v) is 5.40. The summed E-state index contributed by atoms with van der Waals surface area (Å²) >= 11 is 0. The van der Waals surface area contributed by atoms with Crippen LogP contribution in [0, 0.1) is 11.8 Å². The van der Waals surface area contributed by atoms with Gasteiger partial charge in [0.25, 0.3) is 0 Å². The third-order valence-corrected chi connectivity index (χ3v) is 2.32. The van der Waals surface area contributed by atoms with Gasteiger partial charge in [0.2, 0.25) is 5.88 Å². The van der Waals surface area contributed by atoms with Gasteiger partial charge >= 0.3 is 0 Å². The van der Waals surface area contributed by atoms with Gasteiger partial charge in [-0.2, -0.15) is 0 Å². The van der Waals surface area contributed by atoms with Crippen molar-refractivity contribution >= 4 is 0 Å². The molecule has 0 spiro atoms. The molecule has 1 rings (SSSR count). The van der Waals surface area contributed by atoms with Gasteiger partial charge in [-0.3, -0.25) is 0 Å². The second-order valence-electron chi connectivity index (χ2n) is 3.64. The van der Waals surface area contributed by atoms with Crippen molar-refractivity contribution in [1.82, 2.24) is 4.98 Å². The van der Waals surface area contributed by atoms with Gasteiger partial charge in [-0.25, -0.2) is 4.98 Å². The summed E-state index contributed by atoms with van der Waals surface area (Å²) in [6.07, 6.45) is 4.43. The van der Waals surface area contributed by atoms with Gasteiger partial charge in [0, 0.05) is 24.7 Å². The Morgan fingerprint density at radius 1 is 1.50 bits per heavy atom. The largest absolute Gasteiger partial charge is 0.481 e. The third kappa shape index (κ3) is 4.33. The number of ether oxygens (including phenoxy) is 1. The highest BCUT2D eigenvalue weighted by Gasteiger charge is 2.03. The summed E-state index contributed by atoms with van der Waals surface area (Å²) in [6, 6.07) is 4.00. The van der Waals surface area contributed by atoms with E-state index in [-0.39, 0.29) is 6.04 Å². The first kappa shape index (κ1) is 12.5. The Bertz CT molecular complexity index is 362. The van der Waals surface area contributed by atoms with Gasteiger partial charge < -0.3 is 10.5 Å². The molecule has 86 valence electrons. The van der Waals surface area contributed by atoms with Crippen molar-refractivity contribution in [2.45, 2.75) is 32.2 Å². The maximum atomic E-state index is 5.99. The van der Waals surface area contributed by atoms with E-state index >= 15 is 0 Å². The molecule has 0 aliphatic rings. The van der Waals surface area contributed by atoms with Gasteiger partial charge in [-0.1, -0.05) is 6.07 Å². The molecule has 0 aliphatic heterocycles. The van der Waals surface area contributed by atoms with Crippen molar-refractivity contribution in [3.8, 4) is 17.7 Å². The molecule has 0 bridgehead atoms. The first-order chi connectivity index (χ1) is 7.76. The standard InChI is InChI=1S/C13H18N2O/c1-3-4-5-6-12(14)9-11-7-8-13(16-2)15-10-11/h7-8,10,12H,5-6,9,14H2,1-2H3. The van der Waals surface area contributed by atoms with E-state index in [1.807, 2.05) is 25.3 Å². The molecule has 0 fully saturated rings. The Labute approximate surface area is 97.0 Å². The summed E-state index contributed by atoms with van der Waals surface area (Å²) in [7, 11) is 1.61. The summed E-state index contributed by atoms with van der Waals surface area (Å²) in [6.45, 7) is 1.85. The molecule has 1 aromatic rings. The fraction of sp³-hybridized carbons (Fsp3) is 0.462. The van der Waals surface area contributed by atoms with E-state index in [1.54, 1.807) is 7.11 Å². The minimum absolute atomic E-state index is 0.149. The molecular formula is C13H18N2O. The van der Waals surface area contributed by atoms with Crippen LogP contribution in [0.25, 0.3) is 0 Å². The minimum atomic E-state index is 0.149. The number of aromatic nitrogens is 1. The first-order valence-electron chi connectivity index (χ1n) is 5.40. The number of nitrogens with zero attached hydrogens (tertiary/aromatic N) is 1. The van der Waals surface area contributed by atoms with Crippen molar-refractivity contribution in [2.24, 2.45) is 5.73 Å². The Morgan fingerprint density at radius 2 is 2.31 bits per heavy atom. The number of nitrogens with two attached hydrogens (primary N) is 1. The van der Waals surface area contributed by atoms with Gasteiger partial charge in [-0.15, -0.1) is 11.8 Å². The van der Waals surface area contributed by atoms with Crippen LogP contribution in [-0.4, -0.2) is 18.1 Å². The summed E-state index contributed by atoms with van der Waals surface area (Å²) in [5.41, 5.74) is 7.13. The van der Waals surface area contributed by atoms with Gasteiger partial charge in [-0.05, 0) is 25.3 Å². The molecule has 3 nitrogen and oxygen atoms in total. The van der Waals surface area contributed by atoms with Crippen LogP contribution < -0.4 is 10.5 Å². The lowest BCUT2D eigenvalue weighted by Gasteiger charge is -2.09. The maximum Gasteiger partial charge on any atom is 0.212 e. The highest BCUT2D eigenvalue weighted by atomic mass is 16.5. The van der Waals surface area contributed by atoms with Gasteiger partial charge in [0.15, 0.2) is 0 Å². The molecule has 0 saturated heterocycles. The quantitative estimate of drug-likeness (QED) is 0.766. The van der Waals surface area contributed by atoms with Crippen LogP contribution in [0.15, 0.2) is 18.3 Å². The molecule has 0 saturated carbocycles. The van der Waals surface area contributed by atoms with Crippen molar-refractivity contribution in [2.75, 3.05) is 7.11 Å². The summed E-state index contributed by atoms with van der Waals surface area (Å²) < 4.78 is 4.99. The van der Waals surface area contributed by atoms with Crippen LogP contribution in [0.1, 0.15) is 25.3 Å². The van der Waals surface area contributed by atoms with Gasteiger partial charge in [0.05, 0.1) is 7.11 Å². The molecule has 3 heteroatoms. The summed E-state index contributed by atoms with van der Waals surface area (Å²) in [5.74, 6) is 6.52. The molecule has 1 heterocycles. The number of hydrogen-bond donors (Lipinski definition) is 1. The van der Waals surface area contributed by atoms with Crippen LogP contribution >= 0.6 is 0 Å². The zero-order valence-corrected chi connectivity index (χ0v) is 9.86. The zero-order chi connectivity index (χ0) is 11.8. The van der Waals surface area contributed by atoms with E-state index < -0.39 is 0 Å². The SMILES string of the molecule is CC#CCCC(N)Cc1ccc(OC)nc1. The Balaban J connectivity index is 2.42. The molecule has 0 radical (unpaired) electrons. The van der Waals surface area contributed by atoms with Crippen molar-refractivity contribution in [3.05, 3.63) is 23.9 Å². The van der Waals surface area contributed by atoms with Crippen molar-refractivity contribution < 1.29 is 4.74 Å². The molecule has 1 aromatic heterocycles. The lowest BCUT2D eigenvalue weighted by atomic mass is 10.0. The number of rotatable bonds is 5. The maximum absolute atomic E-state index is 5.99. The Kier molecular flexibility index (Phi) is 5.38. The fourth-order valence-corrected chi connectivity index (χ4v) is 1.44. The fourth-order valence-electron chi connectivity index (χ4n) is 1.44. The van der Waals surface area contributed by atoms with Crippen LogP contribution in [0.2, 0.25) is 0 Å². The molecule has 0 aliphatic carbocycles. The molecule has 1 atom stereocenters. The van der Waals surface area contributed by atoms with Crippen molar-refractivity contribution in [1.29, 1.82) is 0 Å². The lowest BCUT2D eigenvalue weighted by molar-refractivity contribution is 0.397. The highest BCUT2D eigenvalue weighted by molar-refractivity contribution is 5.18. The second-order valence-corrected chi connectivity index (χ2v) is 3.64. The number of methoxy groups -OCH3 is 1. The van der Waals surface area contributed by atoms with E-state index in [0.717, 1.165) is 24.8 Å². The number of pyridine rings is 1. The normalized spacial score (nSPS) is 11.4. The summed E-state index contributed by atoms with van der Waals surface area (Å²) in [4.78, 5) is 4.14. The third-order valence-electron chi connectivity index (χ3n) is 2.32. The van der Waals surface area contributed by atoms with Crippen LogP contribution in [0.5, 0.6) is 5.88 Å². The predicted molar refractivity (Wildman–Crippen MR) is 65.2 cm³/mol. The number of hydrogen-bond acceptors (Lipinski definition) is 3. The monoisotopic (exact) mass is 218 g/mol. The Morgan fingerprint density at radius 3 is 2.88 bits per heavy atom. The highest BCUT2D eigenvalue weighted by Crippen LogP contribution is 2.09. The predicted octanol–water partition coefficient (Wildman–Crippen LogP) is 1.76. The topological polar surface area (TPSA) is 48.1 Å². The van der Waals surface area contributed by atoms with Gasteiger partial charge in [0.1, 0.15) is 0 Å². The van der Waals surface area contributed by atoms with E-state index in [0.29, 0.717) is 5.88 Å². The second kappa shape index (κ2) is 6.86. The van der Waals surface area contributed by atoms with E-state index in [2.05, 4.69) is 16.8 Å². The van der Waals surface area contributed by atoms with Crippen LogP contribution in [0.3, 0.4) is 0 Å². The average molecular weight is 218 g/mol. The lowest BCUT2D eigenvalue weighted by Crippen LogP contribution is -2.22. The smallest absolute Gasteiger partial charge is 0.212 e. The van der Waals surface area contributed by atoms with E-state index in [4.69, 9.17) is 10.5 Å². The van der Waals surface area contributed by atoms with Crippen molar-refractivity contribution in [3.63, 3.8) is 0 Å². The molecule has 16 heavy (non-hydrogen) atoms. The molecule has 1 unspecified atom stereocenters. The Hall–Kier alpha value is -1.53. The molecule has 2 N–H and O–H groups in total. The summed E-state index contributed by atoms with van der Waals surface area (Å²) in [5, 5.41) is 0. The van der Waals surface area contributed by atoms with Crippen LogP contribution in [-0.2, 0) is 6.42 Å². The van der Waals surface area contributed by atoms with Crippen LogP contribution in [0.4, 0.5) is 0 Å². The average Bonchev–Trinajstić information content (AvgIpc) is 2.30. The molecular weight excluding hydrogens is 200 g/mol. The van der Waals surface area contributed by atoms with E-state index in [1.165, 1.54) is 0 Å². The molecule has 0 aromatic carbocycles. The minimum Gasteiger partial charge on any atom is -0.481 e. The molecule has 0 amide bonds. The zero-order valence-electron chi connectivity index (χ0n) is 9.86.